The van der Waals surface area contributed by atoms with Crippen molar-refractivity contribution in [3.63, 3.8) is 0 Å². The van der Waals surface area contributed by atoms with E-state index in [4.69, 9.17) is 4.74 Å². The molecule has 2 nitrogen and oxygen atoms in total. The Bertz CT molecular complexity index is 501. The highest BCUT2D eigenvalue weighted by Gasteiger charge is 1.99. The zero-order valence-corrected chi connectivity index (χ0v) is 9.72. The van der Waals surface area contributed by atoms with E-state index >= 15 is 0 Å². The smallest absolute Gasteiger partial charge is 0.293 e. The van der Waals surface area contributed by atoms with E-state index in [2.05, 4.69) is 37.3 Å². The summed E-state index contributed by atoms with van der Waals surface area (Å²) in [6.45, 7) is 2.86. The Morgan fingerprint density at radius 3 is 2.53 bits per heavy atom. The normalized spacial score (nSPS) is 9.94. The Hall–Kier alpha value is -2.09. The van der Waals surface area contributed by atoms with Crippen LogP contribution in [-0.2, 0) is 16.1 Å². The van der Waals surface area contributed by atoms with E-state index in [0.29, 0.717) is 13.1 Å². The van der Waals surface area contributed by atoms with Gasteiger partial charge >= 0.3 is 0 Å². The lowest BCUT2D eigenvalue weighted by Crippen LogP contribution is -1.90. The molecule has 0 fully saturated rings. The van der Waals surface area contributed by atoms with Gasteiger partial charge in [0.1, 0.15) is 6.61 Å². The van der Waals surface area contributed by atoms with Gasteiger partial charge in [0.2, 0.25) is 0 Å². The molecule has 2 aromatic carbocycles. The molecule has 0 saturated heterocycles. The van der Waals surface area contributed by atoms with Gasteiger partial charge in [-0.25, -0.2) is 0 Å². The first-order valence-corrected chi connectivity index (χ1v) is 5.51. The average Bonchev–Trinajstić information content (AvgIpc) is 2.37. The number of carbonyl (C=O) groups is 1. The summed E-state index contributed by atoms with van der Waals surface area (Å²) in [4.78, 5) is 10.1. The molecular weight excluding hydrogens is 212 g/mol. The summed E-state index contributed by atoms with van der Waals surface area (Å²) >= 11 is 0. The fraction of sp³-hybridized carbons (Fsp3) is 0.133. The van der Waals surface area contributed by atoms with Gasteiger partial charge in [-0.15, -0.1) is 0 Å². The van der Waals surface area contributed by atoms with Gasteiger partial charge in [0.15, 0.2) is 0 Å². The highest BCUT2D eigenvalue weighted by molar-refractivity contribution is 5.64. The van der Waals surface area contributed by atoms with Crippen LogP contribution in [0.3, 0.4) is 0 Å². The van der Waals surface area contributed by atoms with Gasteiger partial charge in [-0.2, -0.15) is 0 Å². The molecule has 0 atom stereocenters. The highest BCUT2D eigenvalue weighted by Crippen LogP contribution is 2.21. The molecule has 2 heteroatoms. The Morgan fingerprint density at radius 2 is 1.82 bits per heavy atom. The number of ether oxygens (including phenoxy) is 1. The Morgan fingerprint density at radius 1 is 1.06 bits per heavy atom. The first-order chi connectivity index (χ1) is 8.29. The lowest BCUT2D eigenvalue weighted by molar-refractivity contribution is -0.129. The molecule has 0 aliphatic carbocycles. The van der Waals surface area contributed by atoms with Gasteiger partial charge in [-0.3, -0.25) is 4.79 Å². The van der Waals surface area contributed by atoms with Crippen molar-refractivity contribution >= 4 is 6.47 Å². The van der Waals surface area contributed by atoms with Crippen LogP contribution in [0.1, 0.15) is 11.1 Å². The monoisotopic (exact) mass is 226 g/mol. The van der Waals surface area contributed by atoms with Gasteiger partial charge in [0.05, 0.1) is 0 Å². The summed E-state index contributed by atoms with van der Waals surface area (Å²) < 4.78 is 4.75. The molecule has 0 heterocycles. The molecule has 0 amide bonds. The van der Waals surface area contributed by atoms with Crippen molar-refractivity contribution in [2.24, 2.45) is 0 Å². The van der Waals surface area contributed by atoms with Crippen molar-refractivity contribution in [1.82, 2.24) is 0 Å². The first kappa shape index (κ1) is 11.4. The molecular formula is C15H14O2. The van der Waals surface area contributed by atoms with E-state index in [1.165, 1.54) is 11.1 Å². The van der Waals surface area contributed by atoms with E-state index in [-0.39, 0.29) is 0 Å². The number of benzene rings is 2. The van der Waals surface area contributed by atoms with Crippen LogP contribution in [0.2, 0.25) is 0 Å². The minimum atomic E-state index is 0.323. The van der Waals surface area contributed by atoms with Crippen molar-refractivity contribution in [2.75, 3.05) is 0 Å². The van der Waals surface area contributed by atoms with E-state index in [1.54, 1.807) is 0 Å². The number of hydrogen-bond acceptors (Lipinski definition) is 2. The fourth-order valence-corrected chi connectivity index (χ4v) is 1.72. The van der Waals surface area contributed by atoms with Crippen molar-refractivity contribution in [3.05, 3.63) is 59.7 Å². The maximum absolute atomic E-state index is 10.1. The third-order valence-corrected chi connectivity index (χ3v) is 2.63. The second-order valence-electron chi connectivity index (χ2n) is 3.97. The number of carbonyl (C=O) groups excluding carboxylic acids is 1. The summed E-state index contributed by atoms with van der Waals surface area (Å²) in [7, 11) is 0. The zero-order valence-electron chi connectivity index (χ0n) is 9.72. The topological polar surface area (TPSA) is 26.3 Å². The highest BCUT2D eigenvalue weighted by atomic mass is 16.5. The molecule has 2 aromatic rings. The van der Waals surface area contributed by atoms with Crippen LogP contribution in [0.5, 0.6) is 0 Å². The molecule has 0 aromatic heterocycles. The van der Waals surface area contributed by atoms with Crippen LogP contribution in [0, 0.1) is 6.92 Å². The van der Waals surface area contributed by atoms with Crippen LogP contribution in [-0.4, -0.2) is 6.47 Å². The maximum atomic E-state index is 10.1. The van der Waals surface area contributed by atoms with E-state index in [1.807, 2.05) is 18.2 Å². The lowest BCUT2D eigenvalue weighted by atomic mass is 10.0. The molecule has 0 aliphatic heterocycles. The number of aryl methyl sites for hydroxylation is 1. The summed E-state index contributed by atoms with van der Waals surface area (Å²) in [5.41, 5.74) is 4.55. The molecule has 0 spiro atoms. The standard InChI is InChI=1S/C15H14O2/c1-12-5-7-14(8-6-12)15-4-2-3-13(9-15)10-17-11-16/h2-9,11H,10H2,1H3. The lowest BCUT2D eigenvalue weighted by Gasteiger charge is -2.05. The number of rotatable bonds is 4. The molecule has 0 bridgehead atoms. The Balaban J connectivity index is 2.26. The summed E-state index contributed by atoms with van der Waals surface area (Å²) in [6, 6.07) is 16.4. The summed E-state index contributed by atoms with van der Waals surface area (Å²) in [5, 5.41) is 0. The number of hydrogen-bond donors (Lipinski definition) is 0. The third-order valence-electron chi connectivity index (χ3n) is 2.63. The first-order valence-electron chi connectivity index (χ1n) is 5.51. The van der Waals surface area contributed by atoms with Gasteiger partial charge in [-0.1, -0.05) is 48.0 Å². The van der Waals surface area contributed by atoms with Gasteiger partial charge in [0, 0.05) is 0 Å². The molecule has 2 rings (SSSR count). The average molecular weight is 226 g/mol. The summed E-state index contributed by atoms with van der Waals surface area (Å²) in [6.07, 6.45) is 0. The quantitative estimate of drug-likeness (QED) is 0.747. The predicted octanol–water partition coefficient (Wildman–Crippen LogP) is 3.34. The minimum Gasteiger partial charge on any atom is -0.463 e. The second kappa shape index (κ2) is 5.30. The molecule has 0 unspecified atom stereocenters. The fourth-order valence-electron chi connectivity index (χ4n) is 1.72. The third kappa shape index (κ3) is 2.94. The van der Waals surface area contributed by atoms with E-state index in [9.17, 15) is 4.79 Å². The second-order valence-corrected chi connectivity index (χ2v) is 3.97. The predicted molar refractivity (Wildman–Crippen MR) is 67.5 cm³/mol. The van der Waals surface area contributed by atoms with E-state index < -0.39 is 0 Å². The Kier molecular flexibility index (Phi) is 3.55. The molecule has 0 radical (unpaired) electrons. The largest absolute Gasteiger partial charge is 0.463 e. The van der Waals surface area contributed by atoms with Crippen molar-refractivity contribution in [3.8, 4) is 11.1 Å². The molecule has 0 aliphatic rings. The molecule has 86 valence electrons. The van der Waals surface area contributed by atoms with Crippen LogP contribution in [0.25, 0.3) is 11.1 Å². The van der Waals surface area contributed by atoms with Crippen molar-refractivity contribution in [1.29, 1.82) is 0 Å². The van der Waals surface area contributed by atoms with Crippen LogP contribution in [0.4, 0.5) is 0 Å². The van der Waals surface area contributed by atoms with Crippen LogP contribution in [0.15, 0.2) is 48.5 Å². The summed E-state index contributed by atoms with van der Waals surface area (Å²) in [5.74, 6) is 0. The van der Waals surface area contributed by atoms with Gasteiger partial charge in [0.25, 0.3) is 6.47 Å². The molecule has 0 saturated carbocycles. The van der Waals surface area contributed by atoms with Gasteiger partial charge in [-0.05, 0) is 29.7 Å². The Labute approximate surface area is 101 Å². The van der Waals surface area contributed by atoms with Crippen molar-refractivity contribution < 1.29 is 9.53 Å². The minimum absolute atomic E-state index is 0.323. The zero-order chi connectivity index (χ0) is 12.1. The van der Waals surface area contributed by atoms with Crippen LogP contribution < -0.4 is 0 Å². The van der Waals surface area contributed by atoms with Crippen LogP contribution >= 0.6 is 0 Å². The molecule has 17 heavy (non-hydrogen) atoms. The van der Waals surface area contributed by atoms with Crippen molar-refractivity contribution in [2.45, 2.75) is 13.5 Å². The maximum Gasteiger partial charge on any atom is 0.293 e. The molecule has 0 N–H and O–H groups in total. The SMILES string of the molecule is Cc1ccc(-c2cccc(COC=O)c2)cc1. The van der Waals surface area contributed by atoms with E-state index in [0.717, 1.165) is 11.1 Å². The van der Waals surface area contributed by atoms with Gasteiger partial charge < -0.3 is 4.74 Å².